The van der Waals surface area contributed by atoms with E-state index >= 15 is 0 Å². The zero-order valence-corrected chi connectivity index (χ0v) is 6.49. The molecule has 0 bridgehead atoms. The van der Waals surface area contributed by atoms with Gasteiger partial charge in [-0.05, 0) is 12.8 Å². The van der Waals surface area contributed by atoms with E-state index in [1.807, 2.05) is 0 Å². The number of aliphatic hydroxyl groups is 1. The molecule has 12 heavy (non-hydrogen) atoms. The van der Waals surface area contributed by atoms with Gasteiger partial charge in [-0.25, -0.2) is 9.59 Å². The van der Waals surface area contributed by atoms with Gasteiger partial charge in [0.15, 0.2) is 6.10 Å². The number of urea groups is 1. The summed E-state index contributed by atoms with van der Waals surface area (Å²) in [6.07, 6.45) is -0.869. The van der Waals surface area contributed by atoms with Crippen LogP contribution < -0.4 is 11.1 Å². The van der Waals surface area contributed by atoms with Crippen molar-refractivity contribution in [2.24, 2.45) is 5.73 Å². The maximum atomic E-state index is 10.1. The third kappa shape index (κ3) is 5.48. The average Bonchev–Trinajstić information content (AvgIpc) is 1.97. The lowest BCUT2D eigenvalue weighted by Crippen LogP contribution is -2.31. The summed E-state index contributed by atoms with van der Waals surface area (Å²) >= 11 is 0. The average molecular weight is 176 g/mol. The highest BCUT2D eigenvalue weighted by molar-refractivity contribution is 5.72. The molecule has 0 aliphatic heterocycles. The van der Waals surface area contributed by atoms with E-state index < -0.39 is 18.1 Å². The molecule has 1 unspecified atom stereocenters. The van der Waals surface area contributed by atoms with E-state index in [1.54, 1.807) is 0 Å². The maximum absolute atomic E-state index is 10.1. The van der Waals surface area contributed by atoms with Gasteiger partial charge < -0.3 is 21.3 Å². The number of nitrogens with one attached hydrogen (secondary N) is 1. The molecule has 0 spiro atoms. The predicted octanol–water partition coefficient (Wildman–Crippen LogP) is -1.12. The SMILES string of the molecule is NC(=O)NCCCC(O)C(=O)O. The maximum Gasteiger partial charge on any atom is 0.332 e. The Bertz CT molecular complexity index is 171. The van der Waals surface area contributed by atoms with Gasteiger partial charge in [0.25, 0.3) is 0 Å². The Morgan fingerprint density at radius 1 is 1.50 bits per heavy atom. The first-order chi connectivity index (χ1) is 5.54. The third-order valence-electron chi connectivity index (χ3n) is 1.24. The second-order valence-electron chi connectivity index (χ2n) is 2.29. The zero-order valence-electron chi connectivity index (χ0n) is 6.49. The highest BCUT2D eigenvalue weighted by Gasteiger charge is 2.11. The summed E-state index contributed by atoms with van der Waals surface area (Å²) in [4.78, 5) is 20.2. The summed E-state index contributed by atoms with van der Waals surface area (Å²) < 4.78 is 0. The molecule has 0 fully saturated rings. The number of amides is 2. The van der Waals surface area contributed by atoms with Crippen molar-refractivity contribution in [1.82, 2.24) is 5.32 Å². The van der Waals surface area contributed by atoms with Crippen LogP contribution in [-0.4, -0.2) is 34.9 Å². The van der Waals surface area contributed by atoms with E-state index in [0.29, 0.717) is 6.42 Å². The molecular weight excluding hydrogens is 164 g/mol. The van der Waals surface area contributed by atoms with Crippen LogP contribution in [0.4, 0.5) is 4.79 Å². The van der Waals surface area contributed by atoms with Gasteiger partial charge in [-0.15, -0.1) is 0 Å². The quantitative estimate of drug-likeness (QED) is 0.397. The molecule has 0 aliphatic carbocycles. The second kappa shape index (κ2) is 5.36. The lowest BCUT2D eigenvalue weighted by molar-refractivity contribution is -0.146. The minimum atomic E-state index is -1.36. The minimum absolute atomic E-state index is 0.107. The van der Waals surface area contributed by atoms with E-state index in [4.69, 9.17) is 15.9 Å². The minimum Gasteiger partial charge on any atom is -0.479 e. The molecule has 0 saturated carbocycles. The smallest absolute Gasteiger partial charge is 0.332 e. The van der Waals surface area contributed by atoms with Gasteiger partial charge in [-0.1, -0.05) is 0 Å². The Kier molecular flexibility index (Phi) is 4.78. The summed E-state index contributed by atoms with van der Waals surface area (Å²) in [7, 11) is 0. The van der Waals surface area contributed by atoms with Gasteiger partial charge in [0.05, 0.1) is 0 Å². The molecule has 0 aliphatic rings. The first-order valence-corrected chi connectivity index (χ1v) is 3.48. The Labute approximate surface area is 69.4 Å². The fraction of sp³-hybridized carbons (Fsp3) is 0.667. The fourth-order valence-electron chi connectivity index (χ4n) is 0.630. The van der Waals surface area contributed by atoms with Gasteiger partial charge in [-0.2, -0.15) is 0 Å². The summed E-state index contributed by atoms with van der Waals surface area (Å²) in [5.41, 5.74) is 4.74. The number of nitrogens with two attached hydrogens (primary N) is 1. The number of primary amides is 1. The van der Waals surface area contributed by atoms with Crippen LogP contribution in [0.5, 0.6) is 0 Å². The van der Waals surface area contributed by atoms with Crippen LogP contribution in [-0.2, 0) is 4.79 Å². The molecule has 1 atom stereocenters. The Morgan fingerprint density at radius 2 is 2.08 bits per heavy atom. The number of carboxylic acids is 1. The van der Waals surface area contributed by atoms with Crippen molar-refractivity contribution in [1.29, 1.82) is 0 Å². The number of aliphatic hydroxyl groups excluding tert-OH is 1. The first kappa shape index (κ1) is 10.7. The number of hydrogen-bond donors (Lipinski definition) is 4. The molecule has 2 amide bonds. The molecular formula is C6H12N2O4. The summed E-state index contributed by atoms with van der Waals surface area (Å²) in [5.74, 6) is -1.26. The molecule has 70 valence electrons. The van der Waals surface area contributed by atoms with Gasteiger partial charge in [0.2, 0.25) is 0 Å². The molecule has 0 heterocycles. The molecule has 6 heteroatoms. The monoisotopic (exact) mass is 176 g/mol. The van der Waals surface area contributed by atoms with E-state index in [1.165, 1.54) is 0 Å². The van der Waals surface area contributed by atoms with Crippen molar-refractivity contribution < 1.29 is 19.8 Å². The third-order valence-corrected chi connectivity index (χ3v) is 1.24. The summed E-state index contributed by atoms with van der Waals surface area (Å²) in [6, 6.07) is -0.653. The van der Waals surface area contributed by atoms with E-state index in [9.17, 15) is 9.59 Å². The van der Waals surface area contributed by atoms with Crippen molar-refractivity contribution in [2.45, 2.75) is 18.9 Å². The normalized spacial score (nSPS) is 12.1. The summed E-state index contributed by atoms with van der Waals surface area (Å²) in [6.45, 7) is 0.277. The first-order valence-electron chi connectivity index (χ1n) is 3.48. The van der Waals surface area contributed by atoms with Crippen molar-refractivity contribution in [3.8, 4) is 0 Å². The van der Waals surface area contributed by atoms with Gasteiger partial charge in [0.1, 0.15) is 0 Å². The lowest BCUT2D eigenvalue weighted by Gasteiger charge is -2.04. The van der Waals surface area contributed by atoms with Crippen LogP contribution in [0.1, 0.15) is 12.8 Å². The van der Waals surface area contributed by atoms with Crippen LogP contribution in [0.3, 0.4) is 0 Å². The van der Waals surface area contributed by atoms with Gasteiger partial charge >= 0.3 is 12.0 Å². The number of carbonyl (C=O) groups excluding carboxylic acids is 1. The number of carboxylic acid groups (broad SMARTS) is 1. The Morgan fingerprint density at radius 3 is 2.50 bits per heavy atom. The zero-order chi connectivity index (χ0) is 9.56. The van der Waals surface area contributed by atoms with Gasteiger partial charge in [-0.3, -0.25) is 0 Å². The van der Waals surface area contributed by atoms with Crippen LogP contribution >= 0.6 is 0 Å². The lowest BCUT2D eigenvalue weighted by atomic mass is 10.2. The number of rotatable bonds is 5. The molecule has 0 aromatic carbocycles. The van der Waals surface area contributed by atoms with Crippen LogP contribution in [0.25, 0.3) is 0 Å². The second-order valence-corrected chi connectivity index (χ2v) is 2.29. The standard InChI is InChI=1S/C6H12N2O4/c7-6(12)8-3-1-2-4(9)5(10)11/h4,9H,1-3H2,(H,10,11)(H3,7,8,12). The van der Waals surface area contributed by atoms with E-state index in [0.717, 1.165) is 0 Å². The largest absolute Gasteiger partial charge is 0.479 e. The van der Waals surface area contributed by atoms with Crippen molar-refractivity contribution in [3.05, 3.63) is 0 Å². The van der Waals surface area contributed by atoms with Crippen molar-refractivity contribution in [2.75, 3.05) is 6.54 Å². The Hall–Kier alpha value is -1.30. The van der Waals surface area contributed by atoms with Crippen LogP contribution in [0.2, 0.25) is 0 Å². The summed E-state index contributed by atoms with van der Waals surface area (Å²) in [5, 5.41) is 19.3. The molecule has 0 rings (SSSR count). The molecule has 0 aromatic heterocycles. The van der Waals surface area contributed by atoms with E-state index in [-0.39, 0.29) is 13.0 Å². The number of aliphatic carboxylic acids is 1. The van der Waals surface area contributed by atoms with Crippen LogP contribution in [0.15, 0.2) is 0 Å². The van der Waals surface area contributed by atoms with Gasteiger partial charge in [0, 0.05) is 6.54 Å². The topological polar surface area (TPSA) is 113 Å². The number of carbonyl (C=O) groups is 2. The molecule has 5 N–H and O–H groups in total. The highest BCUT2D eigenvalue weighted by atomic mass is 16.4. The number of hydrogen-bond acceptors (Lipinski definition) is 3. The molecule has 0 saturated heterocycles. The molecule has 0 radical (unpaired) electrons. The van der Waals surface area contributed by atoms with Crippen LogP contribution in [0, 0.1) is 0 Å². The Balaban J connectivity index is 3.31. The predicted molar refractivity (Wildman–Crippen MR) is 40.5 cm³/mol. The highest BCUT2D eigenvalue weighted by Crippen LogP contribution is 1.95. The van der Waals surface area contributed by atoms with E-state index in [2.05, 4.69) is 5.32 Å². The molecule has 6 nitrogen and oxygen atoms in total. The fourth-order valence-corrected chi connectivity index (χ4v) is 0.630. The van der Waals surface area contributed by atoms with Crippen molar-refractivity contribution in [3.63, 3.8) is 0 Å². The molecule has 0 aromatic rings. The van der Waals surface area contributed by atoms with Crippen molar-refractivity contribution >= 4 is 12.0 Å².